The number of halogens is 2. The van der Waals surface area contributed by atoms with Crippen molar-refractivity contribution in [3.63, 3.8) is 0 Å². The summed E-state index contributed by atoms with van der Waals surface area (Å²) in [5.74, 6) is -1.15. The summed E-state index contributed by atoms with van der Waals surface area (Å²) < 4.78 is 31.8. The molecule has 0 spiro atoms. The Labute approximate surface area is 183 Å². The summed E-state index contributed by atoms with van der Waals surface area (Å²) in [7, 11) is 0. The van der Waals surface area contributed by atoms with Gasteiger partial charge in [-0.3, -0.25) is 20.4 Å². The molecule has 1 atom stereocenters. The highest BCUT2D eigenvalue weighted by Gasteiger charge is 2.35. The summed E-state index contributed by atoms with van der Waals surface area (Å²) in [5, 5.41) is 0. The quantitative estimate of drug-likeness (QED) is 0.548. The second kappa shape index (κ2) is 9.47. The van der Waals surface area contributed by atoms with Crippen LogP contribution in [0.15, 0.2) is 72.8 Å². The van der Waals surface area contributed by atoms with Crippen molar-refractivity contribution in [1.82, 2.24) is 5.43 Å². The average molecular weight is 437 g/mol. The SMILES string of the molecule is O=C(NNc1cccc(OCc2ccc(F)cc2)c1)[C@@H]1CC(=O)N(c2ccc(F)cc2)C1. The van der Waals surface area contributed by atoms with Crippen LogP contribution >= 0.6 is 0 Å². The van der Waals surface area contributed by atoms with E-state index in [1.165, 1.54) is 41.3 Å². The van der Waals surface area contributed by atoms with Crippen molar-refractivity contribution in [2.75, 3.05) is 16.9 Å². The standard InChI is InChI=1S/C24H21F2N3O3/c25-18-6-4-16(5-7-18)15-32-22-3-1-2-20(13-22)27-28-24(31)17-12-23(30)29(14-17)21-10-8-19(26)9-11-21/h1-11,13,17,27H,12,14-15H2,(H,28,31)/t17-/m1/s1. The average Bonchev–Trinajstić information content (AvgIpc) is 3.19. The molecule has 1 fully saturated rings. The van der Waals surface area contributed by atoms with E-state index in [1.54, 1.807) is 36.4 Å². The van der Waals surface area contributed by atoms with Crippen LogP contribution in [0, 0.1) is 17.6 Å². The maximum Gasteiger partial charge on any atom is 0.243 e. The Morgan fingerprint density at radius 3 is 2.41 bits per heavy atom. The van der Waals surface area contributed by atoms with Crippen molar-refractivity contribution >= 4 is 23.2 Å². The number of nitrogens with zero attached hydrogens (tertiary/aromatic N) is 1. The molecule has 1 aliphatic rings. The summed E-state index contributed by atoms with van der Waals surface area (Å²) in [6, 6.07) is 18.7. The van der Waals surface area contributed by atoms with Gasteiger partial charge in [0.2, 0.25) is 11.8 Å². The summed E-state index contributed by atoms with van der Waals surface area (Å²) in [6.07, 6.45) is 0.0751. The summed E-state index contributed by atoms with van der Waals surface area (Å²) in [5.41, 5.74) is 7.46. The van der Waals surface area contributed by atoms with Gasteiger partial charge in [-0.1, -0.05) is 18.2 Å². The molecule has 1 aliphatic heterocycles. The lowest BCUT2D eigenvalue weighted by Gasteiger charge is -2.17. The molecule has 1 saturated heterocycles. The van der Waals surface area contributed by atoms with Gasteiger partial charge in [0, 0.05) is 24.7 Å². The largest absolute Gasteiger partial charge is 0.489 e. The van der Waals surface area contributed by atoms with Gasteiger partial charge < -0.3 is 9.64 Å². The second-order valence-corrected chi connectivity index (χ2v) is 7.44. The number of amides is 2. The van der Waals surface area contributed by atoms with E-state index in [1.807, 2.05) is 0 Å². The fourth-order valence-corrected chi connectivity index (χ4v) is 3.40. The van der Waals surface area contributed by atoms with E-state index < -0.39 is 5.92 Å². The first-order valence-corrected chi connectivity index (χ1v) is 10.1. The van der Waals surface area contributed by atoms with Crippen LogP contribution in [0.3, 0.4) is 0 Å². The molecule has 0 saturated carbocycles. The zero-order valence-corrected chi connectivity index (χ0v) is 17.1. The minimum atomic E-state index is -0.530. The molecule has 4 rings (SSSR count). The third-order valence-electron chi connectivity index (χ3n) is 5.12. The zero-order valence-electron chi connectivity index (χ0n) is 17.1. The molecule has 3 aromatic carbocycles. The van der Waals surface area contributed by atoms with Gasteiger partial charge in [0.1, 0.15) is 24.0 Å². The fraction of sp³-hybridized carbons (Fsp3) is 0.167. The van der Waals surface area contributed by atoms with Gasteiger partial charge in [-0.2, -0.15) is 0 Å². The number of hydrogen-bond donors (Lipinski definition) is 2. The van der Waals surface area contributed by atoms with Crippen molar-refractivity contribution in [1.29, 1.82) is 0 Å². The smallest absolute Gasteiger partial charge is 0.243 e. The molecule has 0 unspecified atom stereocenters. The van der Waals surface area contributed by atoms with Crippen LogP contribution < -0.4 is 20.5 Å². The monoisotopic (exact) mass is 437 g/mol. The van der Waals surface area contributed by atoms with Gasteiger partial charge in [-0.05, 0) is 54.1 Å². The summed E-state index contributed by atoms with van der Waals surface area (Å²) >= 11 is 0. The molecule has 32 heavy (non-hydrogen) atoms. The third-order valence-corrected chi connectivity index (χ3v) is 5.12. The predicted molar refractivity (Wildman–Crippen MR) is 116 cm³/mol. The lowest BCUT2D eigenvalue weighted by atomic mass is 10.1. The van der Waals surface area contributed by atoms with Crippen molar-refractivity contribution in [3.05, 3.63) is 90.0 Å². The Balaban J connectivity index is 1.30. The van der Waals surface area contributed by atoms with Crippen molar-refractivity contribution in [3.8, 4) is 5.75 Å². The first kappa shape index (κ1) is 21.3. The minimum Gasteiger partial charge on any atom is -0.489 e. The Morgan fingerprint density at radius 1 is 1.00 bits per heavy atom. The van der Waals surface area contributed by atoms with E-state index in [4.69, 9.17) is 4.74 Å². The molecule has 0 radical (unpaired) electrons. The zero-order chi connectivity index (χ0) is 22.5. The van der Waals surface area contributed by atoms with E-state index in [-0.39, 0.29) is 43.0 Å². The van der Waals surface area contributed by atoms with Crippen molar-refractivity contribution < 1.29 is 23.1 Å². The highest BCUT2D eigenvalue weighted by molar-refractivity contribution is 6.00. The Bertz CT molecular complexity index is 1100. The number of anilines is 2. The number of hydrogen-bond acceptors (Lipinski definition) is 4. The van der Waals surface area contributed by atoms with Crippen LogP contribution in [0.25, 0.3) is 0 Å². The van der Waals surface area contributed by atoms with Crippen LogP contribution in [-0.4, -0.2) is 18.4 Å². The number of carbonyl (C=O) groups excluding carboxylic acids is 2. The molecule has 0 aliphatic carbocycles. The maximum atomic E-state index is 13.1. The highest BCUT2D eigenvalue weighted by Crippen LogP contribution is 2.25. The number of ether oxygens (including phenoxy) is 1. The molecular weight excluding hydrogens is 416 g/mol. The lowest BCUT2D eigenvalue weighted by molar-refractivity contribution is -0.125. The molecule has 2 amide bonds. The first-order chi connectivity index (χ1) is 15.5. The molecule has 0 aromatic heterocycles. The number of rotatable bonds is 7. The predicted octanol–water partition coefficient (Wildman–Crippen LogP) is 4.04. The number of carbonyl (C=O) groups is 2. The van der Waals surface area contributed by atoms with Gasteiger partial charge in [0.25, 0.3) is 0 Å². The molecule has 0 bridgehead atoms. The summed E-state index contributed by atoms with van der Waals surface area (Å²) in [4.78, 5) is 26.3. The summed E-state index contributed by atoms with van der Waals surface area (Å²) in [6.45, 7) is 0.498. The van der Waals surface area contributed by atoms with Crippen molar-refractivity contribution in [2.45, 2.75) is 13.0 Å². The van der Waals surface area contributed by atoms with Crippen LogP contribution in [0.5, 0.6) is 5.75 Å². The van der Waals surface area contributed by atoms with E-state index in [0.29, 0.717) is 17.1 Å². The lowest BCUT2D eigenvalue weighted by Crippen LogP contribution is -2.36. The molecule has 164 valence electrons. The highest BCUT2D eigenvalue weighted by atomic mass is 19.1. The van der Waals surface area contributed by atoms with E-state index in [2.05, 4.69) is 10.9 Å². The molecule has 1 heterocycles. The number of nitrogens with one attached hydrogen (secondary N) is 2. The maximum absolute atomic E-state index is 13.1. The molecular formula is C24H21F2N3O3. The molecule has 8 heteroatoms. The van der Waals surface area contributed by atoms with E-state index in [0.717, 1.165) is 5.56 Å². The Morgan fingerprint density at radius 2 is 1.69 bits per heavy atom. The van der Waals surface area contributed by atoms with Gasteiger partial charge >= 0.3 is 0 Å². The van der Waals surface area contributed by atoms with Crippen molar-refractivity contribution in [2.24, 2.45) is 5.92 Å². The second-order valence-electron chi connectivity index (χ2n) is 7.44. The number of hydrazine groups is 1. The third kappa shape index (κ3) is 5.21. The Kier molecular flexibility index (Phi) is 6.30. The van der Waals surface area contributed by atoms with Gasteiger partial charge in [-0.25, -0.2) is 8.78 Å². The normalized spacial score (nSPS) is 15.5. The van der Waals surface area contributed by atoms with Crippen LogP contribution in [-0.2, 0) is 16.2 Å². The molecule has 6 nitrogen and oxygen atoms in total. The van der Waals surface area contributed by atoms with Gasteiger partial charge in [0.05, 0.1) is 11.6 Å². The Hall–Kier alpha value is -3.94. The number of benzene rings is 3. The topological polar surface area (TPSA) is 70.7 Å². The molecule has 3 aromatic rings. The van der Waals surface area contributed by atoms with Gasteiger partial charge in [0.15, 0.2) is 0 Å². The van der Waals surface area contributed by atoms with Crippen LogP contribution in [0.1, 0.15) is 12.0 Å². The van der Waals surface area contributed by atoms with E-state index in [9.17, 15) is 18.4 Å². The minimum absolute atomic E-state index is 0.0751. The van der Waals surface area contributed by atoms with Crippen LogP contribution in [0.4, 0.5) is 20.2 Å². The van der Waals surface area contributed by atoms with Gasteiger partial charge in [-0.15, -0.1) is 0 Å². The molecule has 2 N–H and O–H groups in total. The fourth-order valence-electron chi connectivity index (χ4n) is 3.40. The van der Waals surface area contributed by atoms with Crippen LogP contribution in [0.2, 0.25) is 0 Å². The first-order valence-electron chi connectivity index (χ1n) is 10.1. The van der Waals surface area contributed by atoms with E-state index >= 15 is 0 Å².